The fraction of sp³-hybridized carbons (Fsp3) is 0.0714. The highest BCUT2D eigenvalue weighted by Gasteiger charge is 2.06. The molecule has 0 unspecified atom stereocenters. The summed E-state index contributed by atoms with van der Waals surface area (Å²) in [6.07, 6.45) is 5.00. The molecule has 3 aromatic rings. The number of benzene rings is 1. The number of carboxylic acids is 1. The van der Waals surface area contributed by atoms with Gasteiger partial charge in [-0.2, -0.15) is 5.10 Å². The van der Waals surface area contributed by atoms with E-state index in [0.29, 0.717) is 11.6 Å². The summed E-state index contributed by atoms with van der Waals surface area (Å²) >= 11 is 0. The van der Waals surface area contributed by atoms with E-state index in [2.05, 4.69) is 10.1 Å². The van der Waals surface area contributed by atoms with Crippen LogP contribution >= 0.6 is 0 Å². The number of nitrogens with zero attached hydrogens (tertiary/aromatic N) is 3. The first-order chi connectivity index (χ1) is 9.72. The lowest BCUT2D eigenvalue weighted by atomic mass is 10.1. The van der Waals surface area contributed by atoms with Gasteiger partial charge in [-0.25, -0.2) is 9.50 Å². The zero-order chi connectivity index (χ0) is 13.9. The minimum absolute atomic E-state index is 0.00324. The molecule has 100 valence electrons. The van der Waals surface area contributed by atoms with Crippen molar-refractivity contribution in [1.29, 1.82) is 0 Å². The Balaban J connectivity index is 1.84. The van der Waals surface area contributed by atoms with Crippen molar-refractivity contribution in [2.45, 2.75) is 6.42 Å². The molecule has 0 aliphatic rings. The Labute approximate surface area is 114 Å². The van der Waals surface area contributed by atoms with Crippen LogP contribution in [-0.4, -0.2) is 25.7 Å². The maximum Gasteiger partial charge on any atom is 0.307 e. The maximum atomic E-state index is 10.6. The molecule has 3 rings (SSSR count). The van der Waals surface area contributed by atoms with Gasteiger partial charge in [0.1, 0.15) is 11.3 Å². The van der Waals surface area contributed by atoms with Crippen molar-refractivity contribution in [2.24, 2.45) is 0 Å². The van der Waals surface area contributed by atoms with Gasteiger partial charge < -0.3 is 9.84 Å². The number of carboxylic acid groups (broad SMARTS) is 1. The van der Waals surface area contributed by atoms with Gasteiger partial charge in [-0.1, -0.05) is 12.1 Å². The Bertz CT molecular complexity index is 750. The van der Waals surface area contributed by atoms with E-state index in [-0.39, 0.29) is 6.42 Å². The average Bonchev–Trinajstić information content (AvgIpc) is 2.90. The second-order valence-electron chi connectivity index (χ2n) is 4.21. The molecule has 1 N–H and O–H groups in total. The quantitative estimate of drug-likeness (QED) is 0.785. The van der Waals surface area contributed by atoms with Gasteiger partial charge in [-0.3, -0.25) is 4.79 Å². The Kier molecular flexibility index (Phi) is 3.04. The summed E-state index contributed by atoms with van der Waals surface area (Å²) in [5.74, 6) is 0.196. The SMILES string of the molecule is O=C(O)Cc1ccc(Oc2nccn3nccc23)cc1. The Morgan fingerprint density at radius 3 is 2.75 bits per heavy atom. The summed E-state index contributed by atoms with van der Waals surface area (Å²) in [5.41, 5.74) is 1.49. The van der Waals surface area contributed by atoms with E-state index in [4.69, 9.17) is 9.84 Å². The maximum absolute atomic E-state index is 10.6. The zero-order valence-corrected chi connectivity index (χ0v) is 10.4. The minimum Gasteiger partial charge on any atom is -0.481 e. The first-order valence-electron chi connectivity index (χ1n) is 5.99. The van der Waals surface area contributed by atoms with Crippen LogP contribution in [0.3, 0.4) is 0 Å². The van der Waals surface area contributed by atoms with Gasteiger partial charge in [0.2, 0.25) is 5.88 Å². The molecule has 0 bridgehead atoms. The molecule has 0 atom stereocenters. The van der Waals surface area contributed by atoms with Crippen LogP contribution in [0.2, 0.25) is 0 Å². The molecule has 0 saturated heterocycles. The summed E-state index contributed by atoms with van der Waals surface area (Å²) in [6.45, 7) is 0. The van der Waals surface area contributed by atoms with Crippen LogP contribution in [0.1, 0.15) is 5.56 Å². The van der Waals surface area contributed by atoms with E-state index in [1.165, 1.54) is 0 Å². The van der Waals surface area contributed by atoms with Crippen LogP contribution in [0.4, 0.5) is 0 Å². The van der Waals surface area contributed by atoms with Crippen LogP contribution in [0.5, 0.6) is 11.6 Å². The number of aromatic nitrogens is 3. The first-order valence-corrected chi connectivity index (χ1v) is 5.99. The van der Waals surface area contributed by atoms with Gasteiger partial charge in [0, 0.05) is 12.4 Å². The third kappa shape index (κ3) is 2.44. The summed E-state index contributed by atoms with van der Waals surface area (Å²) in [6, 6.07) is 8.70. The van der Waals surface area contributed by atoms with E-state index in [9.17, 15) is 4.79 Å². The number of fused-ring (bicyclic) bond motifs is 1. The molecule has 2 heterocycles. The van der Waals surface area contributed by atoms with Gasteiger partial charge in [-0.05, 0) is 23.8 Å². The van der Waals surface area contributed by atoms with Crippen LogP contribution in [0.15, 0.2) is 48.9 Å². The van der Waals surface area contributed by atoms with Gasteiger partial charge in [0.05, 0.1) is 12.6 Å². The summed E-state index contributed by atoms with van der Waals surface area (Å²) in [7, 11) is 0. The molecule has 20 heavy (non-hydrogen) atoms. The largest absolute Gasteiger partial charge is 0.481 e. The van der Waals surface area contributed by atoms with Crippen molar-refractivity contribution in [1.82, 2.24) is 14.6 Å². The van der Waals surface area contributed by atoms with Crippen LogP contribution in [-0.2, 0) is 11.2 Å². The zero-order valence-electron chi connectivity index (χ0n) is 10.4. The summed E-state index contributed by atoms with van der Waals surface area (Å²) in [4.78, 5) is 14.8. The van der Waals surface area contributed by atoms with E-state index in [1.54, 1.807) is 53.4 Å². The number of aliphatic carboxylic acids is 1. The van der Waals surface area contributed by atoms with Crippen molar-refractivity contribution >= 4 is 11.5 Å². The molecule has 0 amide bonds. The summed E-state index contributed by atoms with van der Waals surface area (Å²) < 4.78 is 7.36. The first kappa shape index (κ1) is 12.2. The van der Waals surface area contributed by atoms with Gasteiger partial charge in [0.15, 0.2) is 0 Å². The average molecular weight is 269 g/mol. The molecule has 6 heteroatoms. The predicted molar refractivity (Wildman–Crippen MR) is 70.8 cm³/mol. The lowest BCUT2D eigenvalue weighted by molar-refractivity contribution is -0.136. The Morgan fingerprint density at radius 2 is 2.00 bits per heavy atom. The van der Waals surface area contributed by atoms with Crippen molar-refractivity contribution in [2.75, 3.05) is 0 Å². The molecule has 0 aliphatic heterocycles. The van der Waals surface area contributed by atoms with Crippen LogP contribution < -0.4 is 4.74 Å². The lowest BCUT2D eigenvalue weighted by Crippen LogP contribution is -1.99. The Hall–Kier alpha value is -2.89. The van der Waals surface area contributed by atoms with Gasteiger partial charge in [0.25, 0.3) is 0 Å². The molecule has 0 radical (unpaired) electrons. The topological polar surface area (TPSA) is 76.7 Å². The lowest BCUT2D eigenvalue weighted by Gasteiger charge is -2.06. The highest BCUT2D eigenvalue weighted by molar-refractivity contribution is 5.70. The van der Waals surface area contributed by atoms with Crippen LogP contribution in [0.25, 0.3) is 5.52 Å². The smallest absolute Gasteiger partial charge is 0.307 e. The summed E-state index contributed by atoms with van der Waals surface area (Å²) in [5, 5.41) is 12.8. The highest BCUT2D eigenvalue weighted by Crippen LogP contribution is 2.23. The third-order valence-electron chi connectivity index (χ3n) is 2.78. The standard InChI is InChI=1S/C14H11N3O3/c18-13(19)9-10-1-3-11(4-2-10)20-14-12-5-6-16-17(12)8-7-15-14/h1-8H,9H2,(H,18,19). The molecule has 0 aliphatic carbocycles. The fourth-order valence-corrected chi connectivity index (χ4v) is 1.87. The number of ether oxygens (including phenoxy) is 1. The second kappa shape index (κ2) is 5.00. The minimum atomic E-state index is -0.857. The highest BCUT2D eigenvalue weighted by atomic mass is 16.5. The van der Waals surface area contributed by atoms with Gasteiger partial charge in [-0.15, -0.1) is 0 Å². The molecular formula is C14H11N3O3. The molecule has 2 aromatic heterocycles. The molecule has 0 spiro atoms. The number of hydrogen-bond donors (Lipinski definition) is 1. The number of hydrogen-bond acceptors (Lipinski definition) is 4. The van der Waals surface area contributed by atoms with Crippen molar-refractivity contribution < 1.29 is 14.6 Å². The predicted octanol–water partition coefficient (Wildman–Crippen LogP) is 2.15. The van der Waals surface area contributed by atoms with Crippen molar-refractivity contribution in [3.05, 3.63) is 54.5 Å². The molecule has 1 aromatic carbocycles. The fourth-order valence-electron chi connectivity index (χ4n) is 1.87. The normalized spacial score (nSPS) is 10.6. The van der Waals surface area contributed by atoms with Crippen LogP contribution in [0, 0.1) is 0 Å². The third-order valence-corrected chi connectivity index (χ3v) is 2.78. The van der Waals surface area contributed by atoms with E-state index in [0.717, 1.165) is 11.1 Å². The number of rotatable bonds is 4. The monoisotopic (exact) mass is 269 g/mol. The molecular weight excluding hydrogens is 258 g/mol. The molecule has 6 nitrogen and oxygen atoms in total. The van der Waals surface area contributed by atoms with E-state index < -0.39 is 5.97 Å². The molecule has 0 fully saturated rings. The van der Waals surface area contributed by atoms with Crippen molar-refractivity contribution in [3.63, 3.8) is 0 Å². The van der Waals surface area contributed by atoms with E-state index in [1.807, 2.05) is 0 Å². The van der Waals surface area contributed by atoms with Gasteiger partial charge >= 0.3 is 5.97 Å². The second-order valence-corrected chi connectivity index (χ2v) is 4.21. The number of carbonyl (C=O) groups is 1. The molecule has 0 saturated carbocycles. The van der Waals surface area contributed by atoms with Crippen molar-refractivity contribution in [3.8, 4) is 11.6 Å². The Morgan fingerprint density at radius 1 is 1.20 bits per heavy atom. The van der Waals surface area contributed by atoms with E-state index >= 15 is 0 Å².